The van der Waals surface area contributed by atoms with E-state index in [1.807, 2.05) is 0 Å². The number of hydrogen-bond donors (Lipinski definition) is 0. The molecule has 0 fully saturated rings. The third kappa shape index (κ3) is 1.02. The van der Waals surface area contributed by atoms with Crippen LogP contribution in [-0.2, 0) is 5.92 Å². The molecule has 62 valence electrons. The zero-order chi connectivity index (χ0) is 8.60. The van der Waals surface area contributed by atoms with Crippen LogP contribution >= 0.6 is 0 Å². The smallest absolute Gasteiger partial charge is 0.286 e. The van der Waals surface area contributed by atoms with Crippen LogP contribution in [0.5, 0.6) is 0 Å². The molecule has 1 aromatic rings. The highest BCUT2D eigenvalue weighted by Gasteiger charge is 2.34. The van der Waals surface area contributed by atoms with Crippen molar-refractivity contribution in [3.8, 4) is 0 Å². The van der Waals surface area contributed by atoms with Gasteiger partial charge in [0.15, 0.2) is 0 Å². The number of fused-ring (bicyclic) bond motifs is 1. The fourth-order valence-electron chi connectivity index (χ4n) is 1.29. The molecule has 1 aromatic carbocycles. The first-order valence-electron chi connectivity index (χ1n) is 3.67. The summed E-state index contributed by atoms with van der Waals surface area (Å²) in [4.78, 5) is 3.60. The summed E-state index contributed by atoms with van der Waals surface area (Å²) in [7, 11) is 0. The third-order valence-corrected chi connectivity index (χ3v) is 1.88. The van der Waals surface area contributed by atoms with E-state index in [0.29, 0.717) is 5.56 Å². The van der Waals surface area contributed by atoms with Gasteiger partial charge in [-0.3, -0.25) is 4.99 Å². The summed E-state index contributed by atoms with van der Waals surface area (Å²) >= 11 is 0. The molecule has 12 heavy (non-hydrogen) atoms. The summed E-state index contributed by atoms with van der Waals surface area (Å²) in [6.07, 6.45) is 1.49. The number of hydrogen-bond acceptors (Lipinski definition) is 1. The van der Waals surface area contributed by atoms with Crippen LogP contribution in [0.15, 0.2) is 29.3 Å². The van der Waals surface area contributed by atoms with Gasteiger partial charge in [-0.15, -0.1) is 0 Å². The quantitative estimate of drug-likeness (QED) is 0.561. The van der Waals surface area contributed by atoms with Crippen molar-refractivity contribution >= 4 is 6.21 Å². The number of halogens is 2. The minimum Gasteiger partial charge on any atom is -0.286 e. The third-order valence-electron chi connectivity index (χ3n) is 1.88. The average molecular weight is 167 g/mol. The Morgan fingerprint density at radius 3 is 2.75 bits per heavy atom. The Morgan fingerprint density at radius 2 is 2.00 bits per heavy atom. The van der Waals surface area contributed by atoms with Crippen molar-refractivity contribution in [3.05, 3.63) is 35.4 Å². The Bertz CT molecular complexity index is 331. The maximum atomic E-state index is 13.1. The van der Waals surface area contributed by atoms with Crippen LogP contribution in [0.3, 0.4) is 0 Å². The van der Waals surface area contributed by atoms with Gasteiger partial charge in [-0.05, 0) is 0 Å². The molecule has 0 saturated carbocycles. The molecule has 0 unspecified atom stereocenters. The molecule has 3 heteroatoms. The van der Waals surface area contributed by atoms with E-state index in [2.05, 4.69) is 4.99 Å². The largest absolute Gasteiger partial charge is 0.292 e. The second-order valence-electron chi connectivity index (χ2n) is 2.76. The van der Waals surface area contributed by atoms with Gasteiger partial charge in [-0.2, -0.15) is 8.78 Å². The molecule has 1 aliphatic heterocycles. The van der Waals surface area contributed by atoms with E-state index >= 15 is 0 Å². The summed E-state index contributed by atoms with van der Waals surface area (Å²) in [5, 5.41) is 0. The zero-order valence-corrected chi connectivity index (χ0v) is 6.30. The van der Waals surface area contributed by atoms with Crippen LogP contribution in [0.2, 0.25) is 0 Å². The SMILES string of the molecule is FC1(F)CN=Cc2ccccc21. The summed E-state index contributed by atoms with van der Waals surface area (Å²) in [6, 6.07) is 6.44. The molecule has 1 heterocycles. The fourth-order valence-corrected chi connectivity index (χ4v) is 1.29. The van der Waals surface area contributed by atoms with E-state index in [-0.39, 0.29) is 5.56 Å². The lowest BCUT2D eigenvalue weighted by molar-refractivity contribution is 0.00506. The Hall–Kier alpha value is -1.25. The molecule has 0 saturated heterocycles. The molecule has 0 N–H and O–H groups in total. The normalized spacial score (nSPS) is 18.8. The van der Waals surface area contributed by atoms with Gasteiger partial charge >= 0.3 is 0 Å². The molecule has 0 atom stereocenters. The lowest BCUT2D eigenvalue weighted by Crippen LogP contribution is -2.22. The van der Waals surface area contributed by atoms with E-state index in [1.165, 1.54) is 12.3 Å². The highest BCUT2D eigenvalue weighted by Crippen LogP contribution is 2.32. The Labute approximate surface area is 68.7 Å². The predicted molar refractivity (Wildman–Crippen MR) is 42.8 cm³/mol. The van der Waals surface area contributed by atoms with Crippen molar-refractivity contribution in [3.63, 3.8) is 0 Å². The van der Waals surface area contributed by atoms with Crippen LogP contribution in [0.25, 0.3) is 0 Å². The fraction of sp³-hybridized carbons (Fsp3) is 0.222. The second-order valence-corrected chi connectivity index (χ2v) is 2.76. The van der Waals surface area contributed by atoms with Crippen LogP contribution in [0.1, 0.15) is 11.1 Å². The summed E-state index contributed by atoms with van der Waals surface area (Å²) in [5.74, 6) is -2.79. The minimum atomic E-state index is -2.79. The second kappa shape index (κ2) is 2.37. The van der Waals surface area contributed by atoms with Gasteiger partial charge in [0, 0.05) is 17.3 Å². The van der Waals surface area contributed by atoms with Gasteiger partial charge in [-0.25, -0.2) is 0 Å². The molecule has 0 aliphatic carbocycles. The van der Waals surface area contributed by atoms with Crippen molar-refractivity contribution < 1.29 is 8.78 Å². The average Bonchev–Trinajstić information content (AvgIpc) is 2.04. The maximum Gasteiger partial charge on any atom is 0.292 e. The number of benzene rings is 1. The van der Waals surface area contributed by atoms with Gasteiger partial charge in [0.25, 0.3) is 5.92 Å². The van der Waals surface area contributed by atoms with E-state index in [4.69, 9.17) is 0 Å². The first kappa shape index (κ1) is 7.40. The molecule has 0 radical (unpaired) electrons. The molecule has 0 aromatic heterocycles. The molecular formula is C9H7F2N. The van der Waals surface area contributed by atoms with E-state index < -0.39 is 12.5 Å². The van der Waals surface area contributed by atoms with Crippen LogP contribution < -0.4 is 0 Å². The summed E-state index contributed by atoms with van der Waals surface area (Å²) in [5.41, 5.74) is 0.605. The van der Waals surface area contributed by atoms with Gasteiger partial charge in [0.05, 0.1) is 0 Å². The number of rotatable bonds is 0. The highest BCUT2D eigenvalue weighted by molar-refractivity contribution is 5.83. The molecule has 0 bridgehead atoms. The maximum absolute atomic E-state index is 13.1. The van der Waals surface area contributed by atoms with Gasteiger partial charge < -0.3 is 0 Å². The molecule has 0 amide bonds. The molecule has 0 spiro atoms. The van der Waals surface area contributed by atoms with Crippen LogP contribution in [0.4, 0.5) is 8.78 Å². The van der Waals surface area contributed by atoms with Crippen molar-refractivity contribution in [1.29, 1.82) is 0 Å². The van der Waals surface area contributed by atoms with Gasteiger partial charge in [-0.1, -0.05) is 24.3 Å². The van der Waals surface area contributed by atoms with Crippen molar-refractivity contribution in [2.24, 2.45) is 4.99 Å². The highest BCUT2D eigenvalue weighted by atomic mass is 19.3. The monoisotopic (exact) mass is 167 g/mol. The molecule has 2 rings (SSSR count). The van der Waals surface area contributed by atoms with E-state index in [1.54, 1.807) is 18.2 Å². The van der Waals surface area contributed by atoms with E-state index in [0.717, 1.165) is 0 Å². The standard InChI is InChI=1S/C9H7F2N/c10-9(11)6-12-5-7-3-1-2-4-8(7)9/h1-5H,6H2. The first-order valence-corrected chi connectivity index (χ1v) is 3.67. The van der Waals surface area contributed by atoms with Gasteiger partial charge in [0.2, 0.25) is 0 Å². The number of aliphatic imine (C=N–C) groups is 1. The molecular weight excluding hydrogens is 160 g/mol. The van der Waals surface area contributed by atoms with Crippen molar-refractivity contribution in [1.82, 2.24) is 0 Å². The van der Waals surface area contributed by atoms with Gasteiger partial charge in [0.1, 0.15) is 6.54 Å². The van der Waals surface area contributed by atoms with Crippen molar-refractivity contribution in [2.75, 3.05) is 6.54 Å². The Kier molecular flexibility index (Phi) is 1.46. The minimum absolute atomic E-state index is 0.0833. The summed E-state index contributed by atoms with van der Waals surface area (Å²) < 4.78 is 26.2. The predicted octanol–water partition coefficient (Wildman–Crippen LogP) is 2.21. The Balaban J connectivity index is 2.60. The zero-order valence-electron chi connectivity index (χ0n) is 6.30. The Morgan fingerprint density at radius 1 is 1.25 bits per heavy atom. The summed E-state index contributed by atoms with van der Waals surface area (Å²) in [6.45, 7) is -0.427. The van der Waals surface area contributed by atoms with Crippen LogP contribution in [0, 0.1) is 0 Å². The lowest BCUT2D eigenvalue weighted by Gasteiger charge is -2.19. The first-order chi connectivity index (χ1) is 5.70. The molecule has 1 nitrogen and oxygen atoms in total. The van der Waals surface area contributed by atoms with Crippen molar-refractivity contribution in [2.45, 2.75) is 5.92 Å². The molecule has 1 aliphatic rings. The number of alkyl halides is 2. The number of nitrogens with zero attached hydrogens (tertiary/aromatic N) is 1. The van der Waals surface area contributed by atoms with Crippen LogP contribution in [-0.4, -0.2) is 12.8 Å². The topological polar surface area (TPSA) is 12.4 Å². The lowest BCUT2D eigenvalue weighted by atomic mass is 10.0. The van der Waals surface area contributed by atoms with E-state index in [9.17, 15) is 8.78 Å².